The molecule has 0 amide bonds. The van der Waals surface area contributed by atoms with Crippen LogP contribution in [0.15, 0.2) is 182 Å². The third-order valence-electron chi connectivity index (χ3n) is 17.1. The van der Waals surface area contributed by atoms with Crippen molar-refractivity contribution in [1.82, 2.24) is 0 Å². The first-order valence-corrected chi connectivity index (χ1v) is 45.1. The first kappa shape index (κ1) is 104. The quantitative estimate of drug-likeness (QED) is 0.0146. The molecule has 0 aromatic carbocycles. The van der Waals surface area contributed by atoms with Crippen LogP contribution in [-0.2, 0) is 55.8 Å². The molecule has 4 N–H and O–H groups in total. The number of ether oxygens (including phenoxy) is 3. The lowest BCUT2D eigenvalue weighted by Crippen LogP contribution is -2.30. The number of unbranched alkanes of at least 4 members (excludes halogenated alkanes) is 25. The average Bonchev–Trinajstić information content (AvgIpc) is 0.905. The average molecular weight is 1560 g/mol. The van der Waals surface area contributed by atoms with Gasteiger partial charge in [-0.25, -0.2) is 9.13 Å². The Morgan fingerprint density at radius 3 is 0.771 bits per heavy atom. The topological polar surface area (TPSA) is 231 Å². The zero-order chi connectivity index (χ0) is 79.4. The maximum absolute atomic E-state index is 13.0. The van der Waals surface area contributed by atoms with Gasteiger partial charge in [-0.2, -0.15) is 0 Å². The molecule has 0 spiro atoms. The molecule has 0 aromatic rings. The normalized spacial score (nSPS) is 14.8. The predicted octanol–water partition coefficient (Wildman–Crippen LogP) is 25.3. The number of carbonyl (C=O) groups is 3. The Morgan fingerprint density at radius 2 is 0.486 bits per heavy atom. The Kier molecular flexibility index (Phi) is 78.1. The number of hydrogen-bond acceptors (Lipinski definition) is 14. The van der Waals surface area contributed by atoms with Crippen LogP contribution in [0, 0.1) is 0 Å². The van der Waals surface area contributed by atoms with E-state index in [2.05, 4.69) is 203 Å². The number of aliphatic hydroxyl groups is 2. The van der Waals surface area contributed by atoms with Crippen molar-refractivity contribution < 1.29 is 75.8 Å². The summed E-state index contributed by atoms with van der Waals surface area (Å²) >= 11 is 0. The summed E-state index contributed by atoms with van der Waals surface area (Å²) in [5.41, 5.74) is 0. The third kappa shape index (κ3) is 83.4. The van der Waals surface area contributed by atoms with Crippen LogP contribution in [-0.4, -0.2) is 95.9 Å². The fourth-order valence-electron chi connectivity index (χ4n) is 10.8. The minimum atomic E-state index is -4.95. The lowest BCUT2D eigenvalue weighted by molar-refractivity contribution is -0.161. The molecule has 0 saturated carbocycles. The molecular weight excluding hydrogens is 1410 g/mol. The van der Waals surface area contributed by atoms with E-state index in [1.54, 1.807) is 0 Å². The first-order chi connectivity index (χ1) is 53.2. The van der Waals surface area contributed by atoms with Crippen molar-refractivity contribution in [3.8, 4) is 0 Å². The molecule has 0 aliphatic heterocycles. The molecule has 0 rings (SSSR count). The third-order valence-corrected chi connectivity index (χ3v) is 19.0. The molecule has 0 saturated heterocycles. The summed E-state index contributed by atoms with van der Waals surface area (Å²) in [6.45, 7) is 2.39. The fourth-order valence-corrected chi connectivity index (χ4v) is 12.3. The summed E-state index contributed by atoms with van der Waals surface area (Å²) in [4.78, 5) is 58.8. The molecule has 5 atom stereocenters. The number of allylic oxidation sites excluding steroid dienone is 30. The fraction of sp³-hybridized carbons (Fsp3) is 0.637. The number of carbonyl (C=O) groups excluding carboxylic acids is 3. The number of aliphatic hydroxyl groups excluding tert-OH is 2. The van der Waals surface area contributed by atoms with Gasteiger partial charge < -0.3 is 34.2 Å². The van der Waals surface area contributed by atoms with E-state index < -0.39 is 91.5 Å². The second kappa shape index (κ2) is 82.1. The van der Waals surface area contributed by atoms with Gasteiger partial charge in [-0.15, -0.1) is 0 Å². The maximum atomic E-state index is 13.0. The van der Waals surface area contributed by atoms with Gasteiger partial charge in [0.2, 0.25) is 0 Å². The van der Waals surface area contributed by atoms with E-state index in [0.717, 1.165) is 205 Å². The van der Waals surface area contributed by atoms with E-state index in [9.17, 15) is 43.5 Å². The molecule has 18 heteroatoms. The molecule has 0 bridgehead atoms. The van der Waals surface area contributed by atoms with Gasteiger partial charge in [0, 0.05) is 19.3 Å². The molecule has 0 fully saturated rings. The summed E-state index contributed by atoms with van der Waals surface area (Å²) < 4.78 is 61.3. The smallest absolute Gasteiger partial charge is 0.463 e. The highest BCUT2D eigenvalue weighted by molar-refractivity contribution is 7.47. The number of phosphoric ester groups is 2. The van der Waals surface area contributed by atoms with Gasteiger partial charge in [0.1, 0.15) is 25.4 Å². The maximum Gasteiger partial charge on any atom is 0.472 e. The lowest BCUT2D eigenvalue weighted by atomic mass is 10.1. The van der Waals surface area contributed by atoms with E-state index in [4.69, 9.17) is 32.3 Å². The van der Waals surface area contributed by atoms with Gasteiger partial charge in [0.05, 0.1) is 26.4 Å². The molecule has 0 aromatic heterocycles. The van der Waals surface area contributed by atoms with Crippen LogP contribution in [0.1, 0.15) is 316 Å². The van der Waals surface area contributed by atoms with Crippen LogP contribution in [0.25, 0.3) is 0 Å². The van der Waals surface area contributed by atoms with Crippen molar-refractivity contribution in [3.05, 3.63) is 182 Å². The molecular formula is C91H150O16P2. The number of rotatable bonds is 78. The Morgan fingerprint density at radius 1 is 0.266 bits per heavy atom. The molecule has 0 radical (unpaired) electrons. The van der Waals surface area contributed by atoms with Crippen LogP contribution in [0.4, 0.5) is 0 Å². The minimum absolute atomic E-state index is 0.0745. The van der Waals surface area contributed by atoms with Crippen LogP contribution in [0.2, 0.25) is 0 Å². The minimum Gasteiger partial charge on any atom is -0.463 e. The van der Waals surface area contributed by atoms with Gasteiger partial charge in [0.15, 0.2) is 6.10 Å². The van der Waals surface area contributed by atoms with Crippen LogP contribution in [0.5, 0.6) is 0 Å². The Bertz CT molecular complexity index is 2710. The zero-order valence-corrected chi connectivity index (χ0v) is 69.7. The van der Waals surface area contributed by atoms with Gasteiger partial charge >= 0.3 is 33.6 Å². The molecule has 0 aliphatic carbocycles. The summed E-state index contributed by atoms with van der Waals surface area (Å²) in [6.07, 6.45) is 106. The van der Waals surface area contributed by atoms with E-state index in [0.29, 0.717) is 19.3 Å². The molecule has 0 heterocycles. The second-order valence-electron chi connectivity index (χ2n) is 27.5. The Balaban J connectivity index is 4.67. The Hall–Kier alpha value is -5.35. The molecule has 109 heavy (non-hydrogen) atoms. The van der Waals surface area contributed by atoms with Gasteiger partial charge in [-0.05, 0) is 161 Å². The van der Waals surface area contributed by atoms with Gasteiger partial charge in [-0.3, -0.25) is 32.5 Å². The summed E-state index contributed by atoms with van der Waals surface area (Å²) in [5.74, 6) is -1.62. The van der Waals surface area contributed by atoms with E-state index in [-0.39, 0.29) is 19.3 Å². The highest BCUT2D eigenvalue weighted by atomic mass is 31.2. The highest BCUT2D eigenvalue weighted by Gasteiger charge is 2.29. The van der Waals surface area contributed by atoms with Crippen molar-refractivity contribution in [2.75, 3.05) is 39.6 Å². The summed E-state index contributed by atoms with van der Waals surface area (Å²) in [7, 11) is -9.82. The highest BCUT2D eigenvalue weighted by Crippen LogP contribution is 2.45. The predicted molar refractivity (Wildman–Crippen MR) is 454 cm³/mol. The van der Waals surface area contributed by atoms with Gasteiger partial charge in [-0.1, -0.05) is 319 Å². The number of phosphoric acid groups is 2. The summed E-state index contributed by atoms with van der Waals surface area (Å²) in [6, 6.07) is 0. The molecule has 620 valence electrons. The standard InChI is InChI=1S/C91H150O16P2/c1-4-7-10-13-16-19-22-25-28-31-34-37-39-40-41-42-43-44-46-49-50-53-56-59-62-65-68-71-74-77-89(94)101-80-86(92)81-103-108(97,98)104-82-87(93)83-105-109(99,100)106-85-88(107-91(96)79-76-73-70-67-64-61-58-55-52-47-36-33-30-27-24-21-18-15-12-9-6-3)84-102-90(95)78-75-72-69-66-63-60-57-54-51-48-45-38-35-32-29-26-23-20-17-14-11-8-5-2/h7-8,10-11,16-21,25-30,34-38,40-41,43-44,47-48,51,55,58,86-88,92-93H,4-6,9,12-15,22-24,31-33,39,42,45-46,49-50,52-54,56-57,59-85H2,1-3H3,(H,97,98)(H,99,100)/b10-7-,11-8-,19-16-,20-17-,21-18-,28-25-,29-26-,30-27-,37-34-,38-35-,41-40-,44-43-,47-36-,51-48-,58-55-. The van der Waals surface area contributed by atoms with E-state index in [1.807, 2.05) is 0 Å². The van der Waals surface area contributed by atoms with Crippen molar-refractivity contribution >= 4 is 33.6 Å². The van der Waals surface area contributed by atoms with Crippen molar-refractivity contribution in [2.24, 2.45) is 0 Å². The monoisotopic (exact) mass is 1560 g/mol. The molecule has 16 nitrogen and oxygen atoms in total. The van der Waals surface area contributed by atoms with E-state index in [1.165, 1.54) is 51.4 Å². The SMILES string of the molecule is CC/C=C\C/C=C\C/C=C\C/C=C\C/C=C\C/C=C\CCCCCCCCCCCCC(=O)OCC(O)COP(=O)(O)OCC(O)COP(=O)(O)OCC(COC(=O)CCCCCCCCC/C=C\C/C=C\C/C=C\C/C=C\C/C=C\CC)OC(=O)CCCCCCC/C=C\C/C=C\C/C=C\C/C=C\CCCCC. The van der Waals surface area contributed by atoms with Crippen molar-refractivity contribution in [3.63, 3.8) is 0 Å². The molecule has 5 unspecified atom stereocenters. The first-order valence-electron chi connectivity index (χ1n) is 42.1. The second-order valence-corrected chi connectivity index (χ2v) is 30.4. The van der Waals surface area contributed by atoms with Gasteiger partial charge in [0.25, 0.3) is 0 Å². The van der Waals surface area contributed by atoms with Crippen LogP contribution in [0.3, 0.4) is 0 Å². The number of hydrogen-bond donors (Lipinski definition) is 4. The van der Waals surface area contributed by atoms with Crippen LogP contribution < -0.4 is 0 Å². The van der Waals surface area contributed by atoms with E-state index >= 15 is 0 Å². The van der Waals surface area contributed by atoms with Crippen LogP contribution >= 0.6 is 15.6 Å². The molecule has 0 aliphatic rings. The lowest BCUT2D eigenvalue weighted by Gasteiger charge is -2.21. The van der Waals surface area contributed by atoms with Crippen molar-refractivity contribution in [1.29, 1.82) is 0 Å². The zero-order valence-electron chi connectivity index (χ0n) is 67.9. The Labute approximate surface area is 662 Å². The van der Waals surface area contributed by atoms with Crippen molar-refractivity contribution in [2.45, 2.75) is 334 Å². The largest absolute Gasteiger partial charge is 0.472 e. The summed E-state index contributed by atoms with van der Waals surface area (Å²) in [5, 5.41) is 20.7. The number of esters is 3.